The van der Waals surface area contributed by atoms with Crippen molar-refractivity contribution in [3.63, 3.8) is 0 Å². The Bertz CT molecular complexity index is 646. The summed E-state index contributed by atoms with van der Waals surface area (Å²) < 4.78 is 43.3. The van der Waals surface area contributed by atoms with Crippen molar-refractivity contribution < 1.29 is 17.9 Å². The lowest BCUT2D eigenvalue weighted by molar-refractivity contribution is -0.137. The molecule has 0 saturated heterocycles. The van der Waals surface area contributed by atoms with Gasteiger partial charge in [-0.05, 0) is 18.2 Å². The van der Waals surface area contributed by atoms with Gasteiger partial charge in [0.1, 0.15) is 12.0 Å². The number of benzene rings is 1. The van der Waals surface area contributed by atoms with Crippen molar-refractivity contribution in [1.29, 1.82) is 0 Å². The second kappa shape index (κ2) is 5.16. The van der Waals surface area contributed by atoms with E-state index in [1.54, 1.807) is 0 Å². The van der Waals surface area contributed by atoms with Crippen molar-refractivity contribution in [2.75, 3.05) is 12.8 Å². The number of hydrogen-bond donors (Lipinski definition) is 1. The number of nitrogens with zero attached hydrogens (tertiary/aromatic N) is 2. The van der Waals surface area contributed by atoms with Crippen LogP contribution in [0.15, 0.2) is 24.5 Å². The molecule has 0 unspecified atom stereocenters. The molecule has 0 aliphatic rings. The molecule has 0 bridgehead atoms. The van der Waals surface area contributed by atoms with E-state index in [1.165, 1.54) is 7.11 Å². The van der Waals surface area contributed by atoms with Gasteiger partial charge in [0, 0.05) is 11.3 Å². The number of rotatable bonds is 2. The van der Waals surface area contributed by atoms with Gasteiger partial charge in [0.05, 0.1) is 12.7 Å². The average Bonchev–Trinajstić information content (AvgIpc) is 2.37. The number of nitrogen functional groups attached to an aromatic ring is 1. The molecule has 2 rings (SSSR count). The lowest BCUT2D eigenvalue weighted by atomic mass is 10.0. The molecular formula is C12H9ClF3N3O. The Labute approximate surface area is 117 Å². The molecule has 0 amide bonds. The number of alkyl halides is 3. The van der Waals surface area contributed by atoms with Crippen LogP contribution in [0.5, 0.6) is 5.75 Å². The van der Waals surface area contributed by atoms with Crippen molar-refractivity contribution in [2.45, 2.75) is 6.18 Å². The fourth-order valence-electron chi connectivity index (χ4n) is 1.66. The maximum absolute atomic E-state index is 12.7. The molecule has 1 aromatic carbocycles. The summed E-state index contributed by atoms with van der Waals surface area (Å²) in [5.41, 5.74) is 5.20. The maximum atomic E-state index is 12.7. The minimum absolute atomic E-state index is 0.00527. The summed E-state index contributed by atoms with van der Waals surface area (Å²) in [6.07, 6.45) is -3.35. The molecule has 20 heavy (non-hydrogen) atoms. The zero-order valence-electron chi connectivity index (χ0n) is 10.2. The van der Waals surface area contributed by atoms with E-state index in [-0.39, 0.29) is 27.8 Å². The summed E-state index contributed by atoms with van der Waals surface area (Å²) in [6, 6.07) is 2.96. The first kappa shape index (κ1) is 14.4. The first-order valence-electron chi connectivity index (χ1n) is 5.36. The Morgan fingerprint density at radius 1 is 1.25 bits per heavy atom. The van der Waals surface area contributed by atoms with Gasteiger partial charge in [-0.25, -0.2) is 9.97 Å². The summed E-state index contributed by atoms with van der Waals surface area (Å²) in [7, 11) is 1.32. The minimum Gasteiger partial charge on any atom is -0.491 e. The van der Waals surface area contributed by atoms with Gasteiger partial charge >= 0.3 is 6.18 Å². The fraction of sp³-hybridized carbons (Fsp3) is 0.167. The average molecular weight is 304 g/mol. The second-order valence-electron chi connectivity index (χ2n) is 3.85. The molecule has 0 aliphatic heterocycles. The van der Waals surface area contributed by atoms with Crippen molar-refractivity contribution >= 4 is 17.3 Å². The molecule has 106 valence electrons. The highest BCUT2D eigenvalue weighted by Gasteiger charge is 2.31. The van der Waals surface area contributed by atoms with Crippen molar-refractivity contribution in [3.8, 4) is 17.0 Å². The molecule has 1 heterocycles. The number of anilines is 1. The van der Waals surface area contributed by atoms with E-state index in [9.17, 15) is 13.2 Å². The van der Waals surface area contributed by atoms with E-state index in [0.29, 0.717) is 0 Å². The van der Waals surface area contributed by atoms with Crippen LogP contribution in [0, 0.1) is 0 Å². The highest BCUT2D eigenvalue weighted by atomic mass is 35.5. The molecule has 0 spiro atoms. The smallest absolute Gasteiger partial charge is 0.416 e. The van der Waals surface area contributed by atoms with Gasteiger partial charge in [0.2, 0.25) is 0 Å². The van der Waals surface area contributed by atoms with Crippen LogP contribution in [0.4, 0.5) is 18.9 Å². The Morgan fingerprint density at radius 2 is 1.95 bits per heavy atom. The van der Waals surface area contributed by atoms with E-state index >= 15 is 0 Å². The van der Waals surface area contributed by atoms with Gasteiger partial charge in [0.25, 0.3) is 0 Å². The lowest BCUT2D eigenvalue weighted by Crippen LogP contribution is -2.06. The lowest BCUT2D eigenvalue weighted by Gasteiger charge is -2.13. The molecule has 2 aromatic rings. The molecular weight excluding hydrogens is 295 g/mol. The van der Waals surface area contributed by atoms with E-state index < -0.39 is 11.7 Å². The van der Waals surface area contributed by atoms with Crippen LogP contribution < -0.4 is 10.5 Å². The normalized spacial score (nSPS) is 11.4. The highest BCUT2D eigenvalue weighted by Crippen LogP contribution is 2.39. The standard InChI is InChI=1S/C12H9ClF3N3O/c1-20-10-9(18-5-19-11(10)13)7-4-6(12(14,15)16)2-3-8(7)17/h2-5H,17H2,1H3. The second-order valence-corrected chi connectivity index (χ2v) is 4.20. The summed E-state index contributed by atoms with van der Waals surface area (Å²) >= 11 is 5.82. The topological polar surface area (TPSA) is 61.0 Å². The van der Waals surface area contributed by atoms with Crippen LogP contribution in [-0.4, -0.2) is 17.1 Å². The molecule has 0 saturated carbocycles. The van der Waals surface area contributed by atoms with Crippen molar-refractivity contribution in [3.05, 3.63) is 35.2 Å². The van der Waals surface area contributed by atoms with Gasteiger partial charge < -0.3 is 10.5 Å². The molecule has 8 heteroatoms. The van der Waals surface area contributed by atoms with Gasteiger partial charge in [-0.3, -0.25) is 0 Å². The molecule has 1 aromatic heterocycles. The molecule has 0 aliphatic carbocycles. The van der Waals surface area contributed by atoms with Gasteiger partial charge in [0.15, 0.2) is 10.9 Å². The molecule has 0 fully saturated rings. The quantitative estimate of drug-likeness (QED) is 0.682. The Hall–Kier alpha value is -2.02. The first-order valence-corrected chi connectivity index (χ1v) is 5.74. The summed E-state index contributed by atoms with van der Waals surface area (Å²) in [4.78, 5) is 7.60. The van der Waals surface area contributed by atoms with Gasteiger partial charge in [-0.1, -0.05) is 11.6 Å². The number of nitrogens with two attached hydrogens (primary N) is 1. The van der Waals surface area contributed by atoms with Crippen LogP contribution in [0.25, 0.3) is 11.3 Å². The summed E-state index contributed by atoms with van der Waals surface area (Å²) in [5, 5.41) is -0.00527. The maximum Gasteiger partial charge on any atom is 0.416 e. The van der Waals surface area contributed by atoms with Gasteiger partial charge in [-0.2, -0.15) is 13.2 Å². The Morgan fingerprint density at radius 3 is 2.55 bits per heavy atom. The monoisotopic (exact) mass is 303 g/mol. The van der Waals surface area contributed by atoms with Crippen LogP contribution in [0.2, 0.25) is 5.15 Å². The molecule has 2 N–H and O–H groups in total. The zero-order valence-corrected chi connectivity index (χ0v) is 11.0. The number of ether oxygens (including phenoxy) is 1. The largest absolute Gasteiger partial charge is 0.491 e. The predicted octanol–water partition coefficient (Wildman–Crippen LogP) is 3.41. The van der Waals surface area contributed by atoms with E-state index in [4.69, 9.17) is 22.1 Å². The van der Waals surface area contributed by atoms with E-state index in [2.05, 4.69) is 9.97 Å². The van der Waals surface area contributed by atoms with Crippen LogP contribution in [0.1, 0.15) is 5.56 Å². The number of methoxy groups -OCH3 is 1. The number of hydrogen-bond acceptors (Lipinski definition) is 4. The molecule has 0 atom stereocenters. The van der Waals surface area contributed by atoms with Crippen LogP contribution in [0.3, 0.4) is 0 Å². The van der Waals surface area contributed by atoms with Crippen LogP contribution in [-0.2, 0) is 6.18 Å². The SMILES string of the molecule is COc1c(Cl)ncnc1-c1cc(C(F)(F)F)ccc1N. The molecule has 4 nitrogen and oxygen atoms in total. The van der Waals surface area contributed by atoms with Gasteiger partial charge in [-0.15, -0.1) is 0 Å². The summed E-state index contributed by atoms with van der Waals surface area (Å²) in [5.74, 6) is 0.0696. The summed E-state index contributed by atoms with van der Waals surface area (Å²) in [6.45, 7) is 0. The van der Waals surface area contributed by atoms with E-state index in [0.717, 1.165) is 24.5 Å². The zero-order chi connectivity index (χ0) is 14.9. The third-order valence-electron chi connectivity index (χ3n) is 2.60. The fourth-order valence-corrected chi connectivity index (χ4v) is 1.87. The Balaban J connectivity index is 2.67. The van der Waals surface area contributed by atoms with Crippen molar-refractivity contribution in [1.82, 2.24) is 9.97 Å². The minimum atomic E-state index is -4.48. The molecule has 0 radical (unpaired) electrons. The van der Waals surface area contributed by atoms with Crippen LogP contribution >= 0.6 is 11.6 Å². The van der Waals surface area contributed by atoms with E-state index in [1.807, 2.05) is 0 Å². The predicted molar refractivity (Wildman–Crippen MR) is 68.4 cm³/mol. The third kappa shape index (κ3) is 2.62. The number of aromatic nitrogens is 2. The highest BCUT2D eigenvalue weighted by molar-refractivity contribution is 6.31. The van der Waals surface area contributed by atoms with Crippen molar-refractivity contribution in [2.24, 2.45) is 0 Å². The Kier molecular flexibility index (Phi) is 3.71. The third-order valence-corrected chi connectivity index (χ3v) is 2.87. The number of halogens is 4. The first-order chi connectivity index (χ1) is 9.34.